The lowest BCUT2D eigenvalue weighted by molar-refractivity contribution is 0.412. The number of aryl methyl sites for hydroxylation is 2. The molecule has 3 rings (SSSR count). The summed E-state index contributed by atoms with van der Waals surface area (Å²) in [6.45, 7) is 6.69. The van der Waals surface area contributed by atoms with Gasteiger partial charge in [-0.25, -0.2) is 0 Å². The molecule has 1 N–H and O–H groups in total. The molecule has 1 heterocycles. The zero-order valence-electron chi connectivity index (χ0n) is 13.9. The highest BCUT2D eigenvalue weighted by atomic mass is 16.5. The molecule has 0 radical (unpaired) electrons. The van der Waals surface area contributed by atoms with Gasteiger partial charge in [-0.3, -0.25) is 0 Å². The van der Waals surface area contributed by atoms with E-state index < -0.39 is 0 Å². The average molecular weight is 295 g/mol. The van der Waals surface area contributed by atoms with Crippen molar-refractivity contribution in [3.8, 4) is 5.75 Å². The van der Waals surface area contributed by atoms with Crippen molar-refractivity contribution in [3.63, 3.8) is 0 Å². The van der Waals surface area contributed by atoms with Crippen molar-refractivity contribution in [2.75, 3.05) is 7.11 Å². The van der Waals surface area contributed by atoms with E-state index >= 15 is 0 Å². The number of methoxy groups -OCH3 is 1. The van der Waals surface area contributed by atoms with E-state index in [4.69, 9.17) is 4.74 Å². The Labute approximate surface area is 133 Å². The minimum Gasteiger partial charge on any atom is -0.497 e. The van der Waals surface area contributed by atoms with Crippen molar-refractivity contribution in [1.29, 1.82) is 0 Å². The van der Waals surface area contributed by atoms with Crippen LogP contribution >= 0.6 is 0 Å². The zero-order valence-corrected chi connectivity index (χ0v) is 13.9. The maximum Gasteiger partial charge on any atom is 0.118 e. The molecule has 0 fully saturated rings. The van der Waals surface area contributed by atoms with E-state index in [9.17, 15) is 0 Å². The first-order chi connectivity index (χ1) is 10.6. The average Bonchev–Trinajstić information content (AvgIpc) is 2.54. The molecule has 1 aliphatic heterocycles. The first-order valence-electron chi connectivity index (χ1n) is 8.12. The van der Waals surface area contributed by atoms with Crippen molar-refractivity contribution in [2.24, 2.45) is 0 Å². The molecule has 0 aromatic heterocycles. The highest BCUT2D eigenvalue weighted by Gasteiger charge is 2.27. The molecule has 0 amide bonds. The third-order valence-electron chi connectivity index (χ3n) is 4.76. The van der Waals surface area contributed by atoms with Crippen LogP contribution in [-0.2, 0) is 6.42 Å². The summed E-state index contributed by atoms with van der Waals surface area (Å²) in [5.41, 5.74) is 7.04. The number of ether oxygens (including phenoxy) is 1. The van der Waals surface area contributed by atoms with Gasteiger partial charge >= 0.3 is 0 Å². The van der Waals surface area contributed by atoms with Crippen LogP contribution in [0, 0.1) is 13.8 Å². The van der Waals surface area contributed by atoms with Crippen LogP contribution in [0.1, 0.15) is 47.2 Å². The van der Waals surface area contributed by atoms with Gasteiger partial charge in [0.2, 0.25) is 0 Å². The molecule has 2 nitrogen and oxygen atoms in total. The Morgan fingerprint density at radius 2 is 1.86 bits per heavy atom. The minimum absolute atomic E-state index is 0.276. The van der Waals surface area contributed by atoms with Crippen LogP contribution < -0.4 is 10.1 Å². The van der Waals surface area contributed by atoms with Crippen LogP contribution in [0.15, 0.2) is 36.4 Å². The second-order valence-electron chi connectivity index (χ2n) is 6.33. The lowest BCUT2D eigenvalue weighted by Gasteiger charge is -2.34. The predicted molar refractivity (Wildman–Crippen MR) is 91.7 cm³/mol. The van der Waals surface area contributed by atoms with Gasteiger partial charge in [-0.2, -0.15) is 0 Å². The SMILES string of the molecule is CCC1Cc2c(C)cc(C)cc2C(c2ccc(OC)cc2)N1. The van der Waals surface area contributed by atoms with Crippen LogP contribution in [0.25, 0.3) is 0 Å². The van der Waals surface area contributed by atoms with Gasteiger partial charge in [0.05, 0.1) is 13.2 Å². The Morgan fingerprint density at radius 3 is 2.50 bits per heavy atom. The topological polar surface area (TPSA) is 21.3 Å². The van der Waals surface area contributed by atoms with Gasteiger partial charge in [0, 0.05) is 6.04 Å². The summed E-state index contributed by atoms with van der Waals surface area (Å²) < 4.78 is 5.29. The molecule has 0 bridgehead atoms. The van der Waals surface area contributed by atoms with Gasteiger partial charge in [-0.1, -0.05) is 36.8 Å². The summed E-state index contributed by atoms with van der Waals surface area (Å²) >= 11 is 0. The van der Waals surface area contributed by atoms with Gasteiger partial charge < -0.3 is 10.1 Å². The third kappa shape index (κ3) is 2.76. The number of hydrogen-bond acceptors (Lipinski definition) is 2. The van der Waals surface area contributed by atoms with Gasteiger partial charge in [0.25, 0.3) is 0 Å². The van der Waals surface area contributed by atoms with Crippen LogP contribution in [0.2, 0.25) is 0 Å². The predicted octanol–water partition coefficient (Wildman–Crippen LogP) is 4.33. The molecular formula is C20H25NO. The van der Waals surface area contributed by atoms with E-state index in [0.717, 1.165) is 18.6 Å². The van der Waals surface area contributed by atoms with E-state index in [-0.39, 0.29) is 6.04 Å². The van der Waals surface area contributed by atoms with Gasteiger partial charge in [-0.05, 0) is 61.1 Å². The Kier molecular flexibility index (Phi) is 4.21. The standard InChI is InChI=1S/C20H25NO/c1-5-16-12-18-14(3)10-13(2)11-19(18)20(21-16)15-6-8-17(22-4)9-7-15/h6-11,16,20-21H,5,12H2,1-4H3. The Balaban J connectivity index is 2.07. The molecule has 1 aliphatic rings. The zero-order chi connectivity index (χ0) is 15.7. The Hall–Kier alpha value is -1.80. The van der Waals surface area contributed by atoms with Crippen molar-refractivity contribution < 1.29 is 4.74 Å². The van der Waals surface area contributed by atoms with Crippen molar-refractivity contribution in [2.45, 2.75) is 45.7 Å². The monoisotopic (exact) mass is 295 g/mol. The lowest BCUT2D eigenvalue weighted by Crippen LogP contribution is -2.40. The van der Waals surface area contributed by atoms with Crippen LogP contribution in [0.4, 0.5) is 0 Å². The molecule has 2 aromatic carbocycles. The Morgan fingerprint density at radius 1 is 1.14 bits per heavy atom. The van der Waals surface area contributed by atoms with Gasteiger partial charge in [0.15, 0.2) is 0 Å². The summed E-state index contributed by atoms with van der Waals surface area (Å²) in [7, 11) is 1.71. The van der Waals surface area contributed by atoms with Gasteiger partial charge in [0.1, 0.15) is 5.75 Å². The quantitative estimate of drug-likeness (QED) is 0.910. The fourth-order valence-corrected chi connectivity index (χ4v) is 3.53. The fourth-order valence-electron chi connectivity index (χ4n) is 3.53. The van der Waals surface area contributed by atoms with Crippen molar-refractivity contribution in [3.05, 3.63) is 64.2 Å². The smallest absolute Gasteiger partial charge is 0.118 e. The summed E-state index contributed by atoms with van der Waals surface area (Å²) in [4.78, 5) is 0. The highest BCUT2D eigenvalue weighted by Crippen LogP contribution is 2.34. The first-order valence-corrected chi connectivity index (χ1v) is 8.12. The van der Waals surface area contributed by atoms with Gasteiger partial charge in [-0.15, -0.1) is 0 Å². The highest BCUT2D eigenvalue weighted by molar-refractivity contribution is 5.47. The maximum absolute atomic E-state index is 5.29. The number of rotatable bonds is 3. The molecule has 116 valence electrons. The molecule has 22 heavy (non-hydrogen) atoms. The number of benzene rings is 2. The molecule has 0 aliphatic carbocycles. The normalized spacial score (nSPS) is 20.5. The second kappa shape index (κ2) is 6.13. The van der Waals surface area contributed by atoms with Crippen LogP contribution in [-0.4, -0.2) is 13.2 Å². The van der Waals surface area contributed by atoms with E-state index in [1.165, 1.54) is 27.8 Å². The minimum atomic E-state index is 0.276. The molecule has 2 unspecified atom stereocenters. The van der Waals surface area contributed by atoms with Crippen molar-refractivity contribution in [1.82, 2.24) is 5.32 Å². The van der Waals surface area contributed by atoms with Crippen LogP contribution in [0.5, 0.6) is 5.75 Å². The molecule has 2 atom stereocenters. The molecule has 0 saturated carbocycles. The fraction of sp³-hybridized carbons (Fsp3) is 0.400. The van der Waals surface area contributed by atoms with E-state index in [0.29, 0.717) is 6.04 Å². The third-order valence-corrected chi connectivity index (χ3v) is 4.76. The summed E-state index contributed by atoms with van der Waals surface area (Å²) in [5, 5.41) is 3.83. The lowest BCUT2D eigenvalue weighted by atomic mass is 9.83. The largest absolute Gasteiger partial charge is 0.497 e. The Bertz CT molecular complexity index is 660. The summed E-state index contributed by atoms with van der Waals surface area (Å²) in [5.74, 6) is 0.909. The first kappa shape index (κ1) is 15.1. The van der Waals surface area contributed by atoms with Crippen LogP contribution in [0.3, 0.4) is 0 Å². The number of hydrogen-bond donors (Lipinski definition) is 1. The molecule has 0 spiro atoms. The van der Waals surface area contributed by atoms with E-state index in [1.807, 2.05) is 0 Å². The summed E-state index contributed by atoms with van der Waals surface area (Å²) in [6.07, 6.45) is 2.28. The van der Waals surface area contributed by atoms with Crippen molar-refractivity contribution >= 4 is 0 Å². The van der Waals surface area contributed by atoms with E-state index in [2.05, 4.69) is 62.5 Å². The molecule has 2 heteroatoms. The maximum atomic E-state index is 5.29. The van der Waals surface area contributed by atoms with E-state index in [1.54, 1.807) is 7.11 Å². The molecular weight excluding hydrogens is 270 g/mol. The molecule has 0 saturated heterocycles. The summed E-state index contributed by atoms with van der Waals surface area (Å²) in [6, 6.07) is 13.9. The molecule has 2 aromatic rings. The number of nitrogens with one attached hydrogen (secondary N) is 1. The second-order valence-corrected chi connectivity index (χ2v) is 6.33. The number of fused-ring (bicyclic) bond motifs is 1.